The Hall–Kier alpha value is -4.44. The fourth-order valence-corrected chi connectivity index (χ4v) is 5.50. The van der Waals surface area contributed by atoms with Crippen LogP contribution in [0.2, 0.25) is 0 Å². The van der Waals surface area contributed by atoms with Crippen LogP contribution in [0, 0.1) is 23.7 Å². The summed E-state index contributed by atoms with van der Waals surface area (Å²) in [5.74, 6) is -1.27. The quantitative estimate of drug-likeness (QED) is 0.578. The molecule has 2 aromatic carbocycles. The molecule has 4 atom stereocenters. The van der Waals surface area contributed by atoms with E-state index < -0.39 is 29.3 Å². The van der Waals surface area contributed by atoms with Crippen molar-refractivity contribution in [1.82, 2.24) is 4.98 Å². The third kappa shape index (κ3) is 3.29. The van der Waals surface area contributed by atoms with Gasteiger partial charge in [0.25, 0.3) is 0 Å². The molecule has 3 aromatic rings. The van der Waals surface area contributed by atoms with Crippen LogP contribution in [-0.2, 0) is 4.79 Å². The van der Waals surface area contributed by atoms with Crippen molar-refractivity contribution < 1.29 is 14.3 Å². The van der Waals surface area contributed by atoms with Crippen molar-refractivity contribution >= 4 is 23.5 Å². The maximum atomic E-state index is 14.3. The van der Waals surface area contributed by atoms with Crippen LogP contribution in [0.15, 0.2) is 73.1 Å². The number of anilines is 1. The molecule has 0 aliphatic carbocycles. The number of hydrogen-bond donors (Lipinski definition) is 1. The lowest BCUT2D eigenvalue weighted by Crippen LogP contribution is -2.49. The number of carbonyl (C=O) groups is 2. The Bertz CT molecular complexity index is 1390. The van der Waals surface area contributed by atoms with E-state index in [1.807, 2.05) is 42.2 Å². The Morgan fingerprint density at radius 2 is 1.91 bits per heavy atom. The van der Waals surface area contributed by atoms with Crippen LogP contribution in [-0.4, -0.2) is 35.9 Å². The molecule has 1 saturated heterocycles. The van der Waals surface area contributed by atoms with E-state index in [-0.39, 0.29) is 5.78 Å². The second-order valence-electron chi connectivity index (χ2n) is 8.92. The maximum absolute atomic E-state index is 14.3. The van der Waals surface area contributed by atoms with Gasteiger partial charge < -0.3 is 15.4 Å². The number of methoxy groups -OCH3 is 1. The van der Waals surface area contributed by atoms with Crippen LogP contribution in [0.25, 0.3) is 6.08 Å². The Labute approximate surface area is 203 Å². The zero-order valence-electron chi connectivity index (χ0n) is 19.4. The monoisotopic (exact) mass is 464 g/mol. The molecule has 0 spiro atoms. The molecule has 174 valence electrons. The van der Waals surface area contributed by atoms with Crippen molar-refractivity contribution in [3.8, 4) is 11.8 Å². The Morgan fingerprint density at radius 1 is 1.14 bits per heavy atom. The summed E-state index contributed by atoms with van der Waals surface area (Å²) in [5, 5.41) is 10.5. The van der Waals surface area contributed by atoms with Gasteiger partial charge in [0.15, 0.2) is 11.2 Å². The van der Waals surface area contributed by atoms with Gasteiger partial charge in [0.2, 0.25) is 5.91 Å². The van der Waals surface area contributed by atoms with Crippen LogP contribution in [0.4, 0.5) is 5.69 Å². The molecule has 5 rings (SSSR count). The van der Waals surface area contributed by atoms with E-state index in [4.69, 9.17) is 10.5 Å². The fourth-order valence-electron chi connectivity index (χ4n) is 5.50. The number of carbonyl (C=O) groups excluding carboxylic acids is 2. The lowest BCUT2D eigenvalue weighted by Gasteiger charge is -2.36. The van der Waals surface area contributed by atoms with Crippen molar-refractivity contribution in [2.24, 2.45) is 11.1 Å². The average molecular weight is 465 g/mol. The van der Waals surface area contributed by atoms with E-state index in [0.29, 0.717) is 16.9 Å². The molecule has 0 bridgehead atoms. The van der Waals surface area contributed by atoms with Gasteiger partial charge in [0, 0.05) is 29.6 Å². The van der Waals surface area contributed by atoms with Crippen LogP contribution in [0.3, 0.4) is 0 Å². The van der Waals surface area contributed by atoms with Gasteiger partial charge in [-0.2, -0.15) is 5.26 Å². The topological polar surface area (TPSA) is 109 Å². The predicted molar refractivity (Wildman–Crippen MR) is 132 cm³/mol. The van der Waals surface area contributed by atoms with Gasteiger partial charge in [-0.25, -0.2) is 0 Å². The molecule has 1 amide bonds. The Balaban J connectivity index is 1.80. The fraction of sp³-hybridized carbons (Fsp3) is 0.214. The van der Waals surface area contributed by atoms with Crippen molar-refractivity contribution in [1.29, 1.82) is 5.26 Å². The number of pyridine rings is 1. The number of nitrogens with two attached hydrogens (primary N) is 1. The van der Waals surface area contributed by atoms with Gasteiger partial charge in [0.1, 0.15) is 11.8 Å². The number of amides is 1. The summed E-state index contributed by atoms with van der Waals surface area (Å²) in [6, 6.07) is 17.0. The number of ether oxygens (including phenoxy) is 1. The molecule has 35 heavy (non-hydrogen) atoms. The number of benzene rings is 2. The number of aromatic nitrogens is 1. The number of primary amides is 1. The summed E-state index contributed by atoms with van der Waals surface area (Å²) in [7, 11) is 1.54. The minimum atomic E-state index is -1.68. The number of nitrogens with zero attached hydrogens (tertiary/aromatic N) is 3. The first-order valence-corrected chi connectivity index (χ1v) is 11.3. The van der Waals surface area contributed by atoms with E-state index in [2.05, 4.69) is 11.1 Å². The zero-order chi connectivity index (χ0) is 24.7. The molecule has 7 heteroatoms. The molecule has 0 radical (unpaired) electrons. The standard InChI is InChI=1S/C28H24N4O3/c1-17-6-8-22-19(14-17)7-9-23-28(16-29,27(30)34)24(18-10-12-31-13-11-18)25(32(22)23)26(33)20-4-3-5-21(15-20)35-2/h3-15,23-25H,1-2H3,(H2,30,34)/t23-,24-,25-,28-/m0/s1. The molecule has 0 saturated carbocycles. The van der Waals surface area contributed by atoms with Crippen molar-refractivity contribution in [3.05, 3.63) is 95.3 Å². The van der Waals surface area contributed by atoms with Gasteiger partial charge in [-0.05, 0) is 54.4 Å². The molecule has 2 aliphatic heterocycles. The smallest absolute Gasteiger partial charge is 0.241 e. The summed E-state index contributed by atoms with van der Waals surface area (Å²) in [4.78, 5) is 33.4. The average Bonchev–Trinajstić information content (AvgIpc) is 3.20. The second kappa shape index (κ2) is 8.41. The minimum Gasteiger partial charge on any atom is -0.497 e. The van der Waals surface area contributed by atoms with Gasteiger partial charge in [-0.1, -0.05) is 35.9 Å². The van der Waals surface area contributed by atoms with Crippen molar-refractivity contribution in [2.75, 3.05) is 12.0 Å². The molecular formula is C28H24N4O3. The number of nitriles is 1. The molecule has 7 nitrogen and oxygen atoms in total. The lowest BCUT2D eigenvalue weighted by atomic mass is 9.67. The SMILES string of the molecule is COc1cccc(C(=O)[C@@H]2[C@H](c3ccncc3)[C@@](C#N)(C(N)=O)[C@@H]3C=Cc4cc(C)ccc4N23)c1. The predicted octanol–water partition coefficient (Wildman–Crippen LogP) is 3.64. The first kappa shape index (κ1) is 22.4. The third-order valence-electron chi connectivity index (χ3n) is 7.07. The molecular weight excluding hydrogens is 440 g/mol. The van der Waals surface area contributed by atoms with E-state index in [1.54, 1.807) is 48.8 Å². The molecule has 1 aromatic heterocycles. The van der Waals surface area contributed by atoms with Crippen molar-refractivity contribution in [2.45, 2.75) is 24.9 Å². The summed E-state index contributed by atoms with van der Waals surface area (Å²) < 4.78 is 5.34. The second-order valence-corrected chi connectivity index (χ2v) is 8.92. The zero-order valence-corrected chi connectivity index (χ0v) is 19.4. The maximum Gasteiger partial charge on any atom is 0.241 e. The summed E-state index contributed by atoms with van der Waals surface area (Å²) in [5.41, 5.74) is 8.15. The summed E-state index contributed by atoms with van der Waals surface area (Å²) in [6.45, 7) is 1.99. The number of fused-ring (bicyclic) bond motifs is 3. The molecule has 1 fully saturated rings. The normalized spacial score (nSPS) is 24.3. The largest absolute Gasteiger partial charge is 0.497 e. The lowest BCUT2D eigenvalue weighted by molar-refractivity contribution is -0.125. The molecule has 2 N–H and O–H groups in total. The number of rotatable bonds is 5. The Kier molecular flexibility index (Phi) is 5.37. The van der Waals surface area contributed by atoms with Gasteiger partial charge in [-0.3, -0.25) is 14.6 Å². The minimum absolute atomic E-state index is 0.226. The van der Waals surface area contributed by atoms with Gasteiger partial charge in [0.05, 0.1) is 19.2 Å². The van der Waals surface area contributed by atoms with Crippen molar-refractivity contribution in [3.63, 3.8) is 0 Å². The van der Waals surface area contributed by atoms with Crippen LogP contribution >= 0.6 is 0 Å². The highest BCUT2D eigenvalue weighted by atomic mass is 16.5. The first-order valence-electron chi connectivity index (χ1n) is 11.3. The highest BCUT2D eigenvalue weighted by molar-refractivity contribution is 6.06. The number of Topliss-reactive ketones (excluding diaryl/α,β-unsaturated/α-hetero) is 1. The Morgan fingerprint density at radius 3 is 2.60 bits per heavy atom. The first-order chi connectivity index (χ1) is 16.9. The number of aryl methyl sites for hydroxylation is 1. The summed E-state index contributed by atoms with van der Waals surface area (Å²) in [6.07, 6.45) is 6.91. The van der Waals surface area contributed by atoms with Gasteiger partial charge in [-0.15, -0.1) is 0 Å². The van der Waals surface area contributed by atoms with E-state index >= 15 is 0 Å². The van der Waals surface area contributed by atoms with Crippen LogP contribution < -0.4 is 15.4 Å². The third-order valence-corrected chi connectivity index (χ3v) is 7.07. The van der Waals surface area contributed by atoms with Crippen LogP contribution in [0.5, 0.6) is 5.75 Å². The number of hydrogen-bond acceptors (Lipinski definition) is 6. The van der Waals surface area contributed by atoms with Gasteiger partial charge >= 0.3 is 0 Å². The molecule has 0 unspecified atom stereocenters. The van der Waals surface area contributed by atoms with Crippen LogP contribution in [0.1, 0.15) is 33.0 Å². The number of ketones is 1. The van der Waals surface area contributed by atoms with E-state index in [1.165, 1.54) is 7.11 Å². The highest BCUT2D eigenvalue weighted by Crippen LogP contribution is 2.55. The van der Waals surface area contributed by atoms with E-state index in [9.17, 15) is 14.9 Å². The highest BCUT2D eigenvalue weighted by Gasteiger charge is 2.65. The molecule has 3 heterocycles. The summed E-state index contributed by atoms with van der Waals surface area (Å²) >= 11 is 0. The van der Waals surface area contributed by atoms with E-state index in [0.717, 1.165) is 16.8 Å². The molecule has 2 aliphatic rings.